The Morgan fingerprint density at radius 3 is 3.13 bits per heavy atom. The molecule has 0 aliphatic carbocycles. The number of nitrogens with one attached hydrogen (secondary N) is 1. The largest absolute Gasteiger partial charge is 0.472 e. The van der Waals surface area contributed by atoms with Gasteiger partial charge in [0.1, 0.15) is 0 Å². The van der Waals surface area contributed by atoms with Crippen molar-refractivity contribution in [2.45, 2.75) is 32.4 Å². The molecule has 1 atom stereocenters. The van der Waals surface area contributed by atoms with Gasteiger partial charge in [-0.1, -0.05) is 6.92 Å². The van der Waals surface area contributed by atoms with E-state index in [9.17, 15) is 0 Å². The molecule has 3 heteroatoms. The minimum atomic E-state index is 0.708. The highest BCUT2D eigenvalue weighted by atomic mass is 16.3. The lowest BCUT2D eigenvalue weighted by Crippen LogP contribution is -2.36. The van der Waals surface area contributed by atoms with Crippen LogP contribution in [0.1, 0.15) is 25.3 Å². The molecule has 0 radical (unpaired) electrons. The third kappa shape index (κ3) is 2.83. The molecular weight excluding hydrogens is 188 g/mol. The fourth-order valence-corrected chi connectivity index (χ4v) is 2.25. The van der Waals surface area contributed by atoms with E-state index in [0.29, 0.717) is 6.04 Å². The second kappa shape index (κ2) is 5.33. The van der Waals surface area contributed by atoms with Gasteiger partial charge in [-0.25, -0.2) is 0 Å². The van der Waals surface area contributed by atoms with Gasteiger partial charge in [0, 0.05) is 24.7 Å². The van der Waals surface area contributed by atoms with Crippen LogP contribution in [0.3, 0.4) is 0 Å². The summed E-state index contributed by atoms with van der Waals surface area (Å²) in [6.45, 7) is 6.74. The smallest absolute Gasteiger partial charge is 0.0947 e. The van der Waals surface area contributed by atoms with Gasteiger partial charge in [-0.2, -0.15) is 0 Å². The SMILES string of the molecule is CCCN(Cc1ccoc1)C1CCNC1. The van der Waals surface area contributed by atoms with Crippen molar-refractivity contribution in [3.63, 3.8) is 0 Å². The molecule has 84 valence electrons. The molecule has 0 aromatic carbocycles. The minimum absolute atomic E-state index is 0.708. The maximum absolute atomic E-state index is 5.11. The minimum Gasteiger partial charge on any atom is -0.472 e. The van der Waals surface area contributed by atoms with E-state index in [1.165, 1.54) is 24.9 Å². The van der Waals surface area contributed by atoms with Crippen molar-refractivity contribution >= 4 is 0 Å². The van der Waals surface area contributed by atoms with Crippen LogP contribution in [0.4, 0.5) is 0 Å². The van der Waals surface area contributed by atoms with Crippen LogP contribution in [0.2, 0.25) is 0 Å². The maximum Gasteiger partial charge on any atom is 0.0947 e. The van der Waals surface area contributed by atoms with Gasteiger partial charge in [0.05, 0.1) is 12.5 Å². The lowest BCUT2D eigenvalue weighted by atomic mass is 10.2. The lowest BCUT2D eigenvalue weighted by Gasteiger charge is -2.27. The summed E-state index contributed by atoms with van der Waals surface area (Å²) in [5.74, 6) is 0. The average Bonchev–Trinajstić information content (AvgIpc) is 2.89. The standard InChI is InChI=1S/C12H20N2O/c1-2-6-14(12-3-5-13-8-12)9-11-4-7-15-10-11/h4,7,10,12-13H,2-3,5-6,8-9H2,1H3. The molecule has 1 aromatic heterocycles. The van der Waals surface area contributed by atoms with Gasteiger partial charge in [-0.3, -0.25) is 4.90 Å². The summed E-state index contributed by atoms with van der Waals surface area (Å²) in [7, 11) is 0. The first-order valence-electron chi connectivity index (χ1n) is 5.86. The van der Waals surface area contributed by atoms with Crippen LogP contribution in [0, 0.1) is 0 Å². The van der Waals surface area contributed by atoms with Gasteiger partial charge < -0.3 is 9.73 Å². The van der Waals surface area contributed by atoms with Crippen LogP contribution in [0.15, 0.2) is 23.0 Å². The topological polar surface area (TPSA) is 28.4 Å². The van der Waals surface area contributed by atoms with Crippen molar-refractivity contribution in [1.82, 2.24) is 10.2 Å². The van der Waals surface area contributed by atoms with Crippen LogP contribution in [0.5, 0.6) is 0 Å². The zero-order valence-electron chi connectivity index (χ0n) is 9.41. The van der Waals surface area contributed by atoms with Crippen LogP contribution >= 0.6 is 0 Å². The van der Waals surface area contributed by atoms with Crippen LogP contribution in [-0.2, 0) is 6.54 Å². The molecular formula is C12H20N2O. The zero-order chi connectivity index (χ0) is 10.5. The van der Waals surface area contributed by atoms with E-state index < -0.39 is 0 Å². The predicted molar refractivity (Wildman–Crippen MR) is 60.7 cm³/mol. The summed E-state index contributed by atoms with van der Waals surface area (Å²) in [4.78, 5) is 2.56. The van der Waals surface area contributed by atoms with Crippen molar-refractivity contribution in [2.75, 3.05) is 19.6 Å². The summed E-state index contributed by atoms with van der Waals surface area (Å²) in [5, 5.41) is 3.43. The van der Waals surface area contributed by atoms with Gasteiger partial charge >= 0.3 is 0 Å². The van der Waals surface area contributed by atoms with Crippen molar-refractivity contribution < 1.29 is 4.42 Å². The fraction of sp³-hybridized carbons (Fsp3) is 0.667. The monoisotopic (exact) mass is 208 g/mol. The third-order valence-electron chi connectivity index (χ3n) is 3.03. The van der Waals surface area contributed by atoms with E-state index in [-0.39, 0.29) is 0 Å². The summed E-state index contributed by atoms with van der Waals surface area (Å²) in [6.07, 6.45) is 6.10. The zero-order valence-corrected chi connectivity index (χ0v) is 9.41. The molecule has 0 saturated carbocycles. The van der Waals surface area contributed by atoms with Gasteiger partial charge in [0.25, 0.3) is 0 Å². The molecule has 1 saturated heterocycles. The first-order chi connectivity index (χ1) is 7.40. The highest BCUT2D eigenvalue weighted by Gasteiger charge is 2.21. The van der Waals surface area contributed by atoms with E-state index in [4.69, 9.17) is 4.42 Å². The van der Waals surface area contributed by atoms with Gasteiger partial charge in [0.2, 0.25) is 0 Å². The molecule has 1 unspecified atom stereocenters. The molecule has 2 rings (SSSR count). The van der Waals surface area contributed by atoms with Gasteiger partial charge in [-0.05, 0) is 32.0 Å². The summed E-state index contributed by atoms with van der Waals surface area (Å²) in [5.41, 5.74) is 1.29. The third-order valence-corrected chi connectivity index (χ3v) is 3.03. The number of rotatable bonds is 5. The number of furan rings is 1. The number of nitrogens with zero attached hydrogens (tertiary/aromatic N) is 1. The molecule has 1 aromatic rings. The van der Waals surface area contributed by atoms with Crippen molar-refractivity contribution in [3.8, 4) is 0 Å². The molecule has 3 nitrogen and oxygen atoms in total. The first kappa shape index (κ1) is 10.7. The second-order valence-electron chi connectivity index (χ2n) is 4.25. The molecule has 15 heavy (non-hydrogen) atoms. The first-order valence-corrected chi connectivity index (χ1v) is 5.86. The highest BCUT2D eigenvalue weighted by molar-refractivity contribution is 5.05. The Hall–Kier alpha value is -0.800. The Morgan fingerprint density at radius 2 is 2.53 bits per heavy atom. The average molecular weight is 208 g/mol. The summed E-state index contributed by atoms with van der Waals surface area (Å²) < 4.78 is 5.11. The number of hydrogen-bond acceptors (Lipinski definition) is 3. The van der Waals surface area contributed by atoms with Gasteiger partial charge in [-0.15, -0.1) is 0 Å². The second-order valence-corrected chi connectivity index (χ2v) is 4.25. The highest BCUT2D eigenvalue weighted by Crippen LogP contribution is 2.14. The Labute approximate surface area is 91.4 Å². The quantitative estimate of drug-likeness (QED) is 0.800. The molecule has 0 amide bonds. The molecule has 0 spiro atoms. The Bertz CT molecular complexity index is 265. The number of hydrogen-bond donors (Lipinski definition) is 1. The normalized spacial score (nSPS) is 21.3. The molecule has 0 bridgehead atoms. The summed E-state index contributed by atoms with van der Waals surface area (Å²) in [6, 6.07) is 2.77. The van der Waals surface area contributed by atoms with E-state index in [2.05, 4.69) is 23.2 Å². The molecule has 1 fully saturated rings. The Balaban J connectivity index is 1.93. The molecule has 2 heterocycles. The van der Waals surface area contributed by atoms with E-state index >= 15 is 0 Å². The van der Waals surface area contributed by atoms with Gasteiger partial charge in [0.15, 0.2) is 0 Å². The molecule has 1 N–H and O–H groups in total. The fourth-order valence-electron chi connectivity index (χ4n) is 2.25. The van der Waals surface area contributed by atoms with Crippen LogP contribution in [-0.4, -0.2) is 30.6 Å². The molecule has 1 aliphatic heterocycles. The van der Waals surface area contributed by atoms with Crippen LogP contribution < -0.4 is 5.32 Å². The lowest BCUT2D eigenvalue weighted by molar-refractivity contribution is 0.199. The summed E-state index contributed by atoms with van der Waals surface area (Å²) >= 11 is 0. The van der Waals surface area contributed by atoms with E-state index in [1.807, 2.05) is 6.26 Å². The van der Waals surface area contributed by atoms with Crippen molar-refractivity contribution in [2.24, 2.45) is 0 Å². The molecule has 1 aliphatic rings. The van der Waals surface area contributed by atoms with Crippen molar-refractivity contribution in [1.29, 1.82) is 0 Å². The van der Waals surface area contributed by atoms with E-state index in [1.54, 1.807) is 6.26 Å². The van der Waals surface area contributed by atoms with Crippen LogP contribution in [0.25, 0.3) is 0 Å². The predicted octanol–water partition coefficient (Wildman–Crippen LogP) is 1.85. The Kier molecular flexibility index (Phi) is 3.80. The van der Waals surface area contributed by atoms with E-state index in [0.717, 1.165) is 19.6 Å². The Morgan fingerprint density at radius 1 is 1.60 bits per heavy atom. The van der Waals surface area contributed by atoms with Crippen molar-refractivity contribution in [3.05, 3.63) is 24.2 Å². The maximum atomic E-state index is 5.11.